The van der Waals surface area contributed by atoms with Crippen LogP contribution in [0.1, 0.15) is 84.6 Å². The van der Waals surface area contributed by atoms with Gasteiger partial charge in [-0.05, 0) is 98.2 Å². The highest BCUT2D eigenvalue weighted by atomic mass is 16.5. The van der Waals surface area contributed by atoms with Crippen LogP contribution in [0.4, 0.5) is 0 Å². The second-order valence-electron chi connectivity index (χ2n) is 11.0. The number of ether oxygens (including phenoxy) is 2. The number of rotatable bonds is 7. The first-order chi connectivity index (χ1) is 21.1. The number of aromatic nitrogens is 4. The molecule has 0 aliphatic carbocycles. The first kappa shape index (κ1) is 30.2. The number of carbonyl (C=O) groups is 2. The van der Waals surface area contributed by atoms with Crippen molar-refractivity contribution in [1.29, 1.82) is 5.26 Å². The lowest BCUT2D eigenvalue weighted by Crippen LogP contribution is -2.01. The first-order valence-corrected chi connectivity index (χ1v) is 14.4. The molecule has 5 heterocycles. The molecule has 0 atom stereocenters. The highest BCUT2D eigenvalue weighted by molar-refractivity contribution is 5.97. The molecule has 9 heteroatoms. The van der Waals surface area contributed by atoms with Gasteiger partial charge in [0.05, 0.1) is 48.1 Å². The summed E-state index contributed by atoms with van der Waals surface area (Å²) in [6.07, 6.45) is 3.09. The molecule has 2 aliphatic rings. The van der Waals surface area contributed by atoms with Gasteiger partial charge in [0, 0.05) is 35.0 Å². The Hall–Kier alpha value is -5.23. The van der Waals surface area contributed by atoms with Crippen molar-refractivity contribution >= 4 is 62.4 Å². The third kappa shape index (κ3) is 5.47. The van der Waals surface area contributed by atoms with Gasteiger partial charge in [-0.15, -0.1) is 0 Å². The number of methoxy groups -OCH3 is 2. The molecular formula is C35H35N5O4. The number of fused-ring (bicyclic) bond motifs is 8. The fourth-order valence-electron chi connectivity index (χ4n) is 5.82. The molecular weight excluding hydrogens is 554 g/mol. The topological polar surface area (TPSA) is 134 Å². The Morgan fingerprint density at radius 3 is 1.77 bits per heavy atom. The molecule has 0 saturated carbocycles. The predicted octanol–water partition coefficient (Wildman–Crippen LogP) is 7.21. The summed E-state index contributed by atoms with van der Waals surface area (Å²) in [4.78, 5) is 41.2. The minimum atomic E-state index is -0.309. The largest absolute Gasteiger partial charge is 0.469 e. The van der Waals surface area contributed by atoms with E-state index < -0.39 is 0 Å². The fourth-order valence-corrected chi connectivity index (χ4v) is 5.82. The van der Waals surface area contributed by atoms with Crippen molar-refractivity contribution < 1.29 is 19.1 Å². The lowest BCUT2D eigenvalue weighted by Gasteiger charge is -2.06. The zero-order valence-electron chi connectivity index (χ0n) is 25.9. The lowest BCUT2D eigenvalue weighted by atomic mass is 9.98. The summed E-state index contributed by atoms with van der Waals surface area (Å²) in [5.41, 5.74) is 13.0. The van der Waals surface area contributed by atoms with Crippen molar-refractivity contribution in [1.82, 2.24) is 19.9 Å². The first-order valence-electron chi connectivity index (χ1n) is 14.4. The van der Waals surface area contributed by atoms with Gasteiger partial charge in [0.1, 0.15) is 6.07 Å². The van der Waals surface area contributed by atoms with Crippen LogP contribution in [0, 0.1) is 25.2 Å². The molecule has 0 unspecified atom stereocenters. The van der Waals surface area contributed by atoms with Gasteiger partial charge >= 0.3 is 11.9 Å². The van der Waals surface area contributed by atoms with Gasteiger partial charge in [0.2, 0.25) is 0 Å². The molecule has 3 aromatic heterocycles. The Morgan fingerprint density at radius 1 is 0.773 bits per heavy atom. The highest BCUT2D eigenvalue weighted by Gasteiger charge is 2.23. The van der Waals surface area contributed by atoms with E-state index in [2.05, 4.69) is 22.6 Å². The number of hydrogen-bond donors (Lipinski definition) is 2. The molecule has 0 fully saturated rings. The van der Waals surface area contributed by atoms with Crippen molar-refractivity contribution in [2.45, 2.75) is 53.4 Å². The predicted molar refractivity (Wildman–Crippen MR) is 173 cm³/mol. The number of nitrogens with zero attached hydrogens (tertiary/aromatic N) is 3. The average Bonchev–Trinajstić information content (AvgIpc) is 3.67. The molecule has 224 valence electrons. The van der Waals surface area contributed by atoms with E-state index in [1.54, 1.807) is 0 Å². The molecule has 0 aromatic carbocycles. The summed E-state index contributed by atoms with van der Waals surface area (Å²) < 4.78 is 9.84. The third-order valence-electron chi connectivity index (χ3n) is 8.51. The second-order valence-corrected chi connectivity index (χ2v) is 11.0. The molecule has 3 aromatic rings. The monoisotopic (exact) mass is 589 g/mol. The van der Waals surface area contributed by atoms with E-state index in [9.17, 15) is 14.9 Å². The summed E-state index contributed by atoms with van der Waals surface area (Å²) >= 11 is 0. The second kappa shape index (κ2) is 12.2. The number of aryl methyl sites for hydroxylation is 2. The SMILES string of the molecule is C=Cc1c(C)c2cc3[nH]c(cc4nc(cc5nc(cc1[nH]2)C(C)=C5CCC(=O)OC)C(CCC(=O)OC)=C4C)c(C)c3C#N. The van der Waals surface area contributed by atoms with Gasteiger partial charge in [-0.1, -0.05) is 12.7 Å². The maximum atomic E-state index is 12.1. The van der Waals surface area contributed by atoms with Gasteiger partial charge in [0.25, 0.3) is 0 Å². The smallest absolute Gasteiger partial charge is 0.305 e. The lowest BCUT2D eigenvalue weighted by molar-refractivity contribution is -0.141. The Kier molecular flexibility index (Phi) is 8.36. The van der Waals surface area contributed by atoms with Gasteiger partial charge in [-0.25, -0.2) is 9.97 Å². The Morgan fingerprint density at radius 2 is 1.27 bits per heavy atom. The molecule has 2 aliphatic heterocycles. The summed E-state index contributed by atoms with van der Waals surface area (Å²) in [6.45, 7) is 12.0. The zero-order chi connectivity index (χ0) is 31.7. The van der Waals surface area contributed by atoms with Crippen LogP contribution < -0.4 is 0 Å². The highest BCUT2D eigenvalue weighted by Crippen LogP contribution is 2.38. The maximum Gasteiger partial charge on any atom is 0.305 e. The van der Waals surface area contributed by atoms with Crippen molar-refractivity contribution in [2.75, 3.05) is 14.2 Å². The molecule has 0 amide bonds. The van der Waals surface area contributed by atoms with Gasteiger partial charge < -0.3 is 19.4 Å². The fraction of sp³-hybridized carbons (Fsp3) is 0.286. The van der Waals surface area contributed by atoms with Gasteiger partial charge in [0.15, 0.2) is 0 Å². The third-order valence-corrected chi connectivity index (χ3v) is 8.51. The Labute approximate surface area is 256 Å². The van der Waals surface area contributed by atoms with Crippen LogP contribution in [-0.4, -0.2) is 46.1 Å². The Balaban J connectivity index is 1.89. The Bertz CT molecular complexity index is 2000. The molecule has 5 rings (SSSR count). The van der Waals surface area contributed by atoms with E-state index in [-0.39, 0.29) is 24.8 Å². The van der Waals surface area contributed by atoms with Crippen LogP contribution in [0.3, 0.4) is 0 Å². The number of allylic oxidation sites excluding steroid dienone is 4. The summed E-state index contributed by atoms with van der Waals surface area (Å²) in [5, 5.41) is 10.1. The van der Waals surface area contributed by atoms with Crippen LogP contribution in [0.2, 0.25) is 0 Å². The van der Waals surface area contributed by atoms with E-state index in [0.29, 0.717) is 35.3 Å². The van der Waals surface area contributed by atoms with E-state index >= 15 is 0 Å². The number of H-pyrrole nitrogens is 2. The zero-order valence-corrected chi connectivity index (χ0v) is 25.9. The number of esters is 2. The molecule has 0 radical (unpaired) electrons. The van der Waals surface area contributed by atoms with Crippen molar-refractivity contribution in [3.05, 3.63) is 75.9 Å². The summed E-state index contributed by atoms with van der Waals surface area (Å²) in [7, 11) is 2.76. The van der Waals surface area contributed by atoms with Crippen LogP contribution in [0.15, 0.2) is 30.8 Å². The van der Waals surface area contributed by atoms with Crippen molar-refractivity contribution in [3.8, 4) is 6.07 Å². The van der Waals surface area contributed by atoms with Crippen molar-refractivity contribution in [2.24, 2.45) is 0 Å². The molecule has 8 bridgehead atoms. The summed E-state index contributed by atoms with van der Waals surface area (Å²) in [6, 6.07) is 10.2. The van der Waals surface area contributed by atoms with Gasteiger partial charge in [-0.3, -0.25) is 9.59 Å². The van der Waals surface area contributed by atoms with Crippen LogP contribution in [0.5, 0.6) is 0 Å². The average molecular weight is 590 g/mol. The molecule has 2 N–H and O–H groups in total. The van der Waals surface area contributed by atoms with Gasteiger partial charge in [-0.2, -0.15) is 5.26 Å². The number of nitriles is 1. The van der Waals surface area contributed by atoms with Crippen molar-refractivity contribution in [3.63, 3.8) is 0 Å². The van der Waals surface area contributed by atoms with Crippen LogP contribution >= 0.6 is 0 Å². The van der Waals surface area contributed by atoms with E-state index in [4.69, 9.17) is 19.4 Å². The van der Waals surface area contributed by atoms with E-state index in [0.717, 1.165) is 66.9 Å². The van der Waals surface area contributed by atoms with Crippen LogP contribution in [0.25, 0.3) is 50.4 Å². The number of hydrogen-bond acceptors (Lipinski definition) is 7. The minimum absolute atomic E-state index is 0.197. The van der Waals surface area contributed by atoms with Crippen LogP contribution in [-0.2, 0) is 19.1 Å². The number of carbonyl (C=O) groups excluding carboxylic acids is 2. The van der Waals surface area contributed by atoms with E-state index in [1.165, 1.54) is 14.2 Å². The summed E-state index contributed by atoms with van der Waals surface area (Å²) in [5.74, 6) is -0.610. The standard InChI is InChI=1S/C35H35N5O4/c1-8-22-18(2)28-15-33-25(17-36)21(5)27(40-33)13-26-19(3)23(9-11-34(41)43-6)31(38-26)16-32-24(10-12-35(42)44-7)20(4)29(39-32)14-30(22)37-28/h8,13-16,37,40H,1,9-12H2,2-7H3. The molecule has 44 heavy (non-hydrogen) atoms. The normalized spacial score (nSPS) is 12.8. The molecule has 9 nitrogen and oxygen atoms in total. The minimum Gasteiger partial charge on any atom is -0.469 e. The van der Waals surface area contributed by atoms with E-state index in [1.807, 2.05) is 58.0 Å². The number of nitrogens with one attached hydrogen (secondary N) is 2. The quantitative estimate of drug-likeness (QED) is 0.278. The molecule has 0 saturated heterocycles. The maximum absolute atomic E-state index is 12.1. The number of aromatic amines is 2. The molecule has 0 spiro atoms.